The maximum absolute atomic E-state index is 10.9. The molecule has 0 aliphatic rings. The van der Waals surface area contributed by atoms with Gasteiger partial charge in [0.25, 0.3) is 0 Å². The van der Waals surface area contributed by atoms with Gasteiger partial charge in [0.1, 0.15) is 0 Å². The number of rotatable bonds is 4. The van der Waals surface area contributed by atoms with Crippen molar-refractivity contribution in [3.8, 4) is 0 Å². The van der Waals surface area contributed by atoms with Crippen LogP contribution in [0.15, 0.2) is 29.4 Å². The minimum atomic E-state index is -0.986. The molecule has 0 fully saturated rings. The molecule has 0 atom stereocenters. The fourth-order valence-electron chi connectivity index (χ4n) is 1.26. The molecule has 1 aromatic rings. The first kappa shape index (κ1) is 14.1. The van der Waals surface area contributed by atoms with E-state index in [1.54, 1.807) is 18.2 Å². The molecule has 0 aromatic heterocycles. The molecule has 3 N–H and O–H groups in total. The summed E-state index contributed by atoms with van der Waals surface area (Å²) in [5.74, 6) is -0.986. The average molecular weight is 265 g/mol. The van der Waals surface area contributed by atoms with Gasteiger partial charge in [0.2, 0.25) is 0 Å². The van der Waals surface area contributed by atoms with Crippen molar-refractivity contribution in [3.05, 3.63) is 35.4 Å². The molecule has 0 radical (unpaired) electrons. The maximum Gasteiger partial charge on any atom is 0.336 e. The molecule has 0 bridgehead atoms. The lowest BCUT2D eigenvalue weighted by molar-refractivity contribution is 0.0697. The van der Waals surface area contributed by atoms with Crippen molar-refractivity contribution in [2.45, 2.75) is 19.9 Å². The largest absolute Gasteiger partial charge is 0.478 e. The third kappa shape index (κ3) is 4.50. The van der Waals surface area contributed by atoms with Gasteiger partial charge in [-0.2, -0.15) is 5.10 Å². The van der Waals surface area contributed by atoms with Crippen molar-refractivity contribution < 1.29 is 9.90 Å². The van der Waals surface area contributed by atoms with Crippen LogP contribution in [0.1, 0.15) is 29.8 Å². The van der Waals surface area contributed by atoms with Crippen molar-refractivity contribution in [3.63, 3.8) is 0 Å². The normalized spacial score (nSPS) is 10.6. The number of carboxylic acid groups (broad SMARTS) is 1. The van der Waals surface area contributed by atoms with E-state index in [9.17, 15) is 4.79 Å². The summed E-state index contributed by atoms with van der Waals surface area (Å²) in [6.45, 7) is 3.91. The monoisotopic (exact) mass is 265 g/mol. The van der Waals surface area contributed by atoms with Gasteiger partial charge in [-0.25, -0.2) is 4.79 Å². The standard InChI is InChI=1S/C12H15N3O2S/c1-8(2)14-12(18)15-13-7-9-5-3-4-6-10(9)11(16)17/h3-8H,1-2H3,(H,16,17)(H2,14,15,18)/b13-7+. The Labute approximate surface area is 111 Å². The Bertz CT molecular complexity index is 472. The van der Waals surface area contributed by atoms with Crippen LogP contribution in [0.25, 0.3) is 0 Å². The van der Waals surface area contributed by atoms with Gasteiger partial charge < -0.3 is 10.4 Å². The van der Waals surface area contributed by atoms with Gasteiger partial charge in [0.15, 0.2) is 5.11 Å². The SMILES string of the molecule is CC(C)NC(=S)N/N=C/c1ccccc1C(=O)O. The third-order valence-corrected chi connectivity index (χ3v) is 2.19. The lowest BCUT2D eigenvalue weighted by Gasteiger charge is -2.09. The first-order chi connectivity index (χ1) is 8.50. The molecular formula is C12H15N3O2S. The number of aromatic carboxylic acids is 1. The first-order valence-electron chi connectivity index (χ1n) is 5.42. The second-order valence-electron chi connectivity index (χ2n) is 3.89. The number of nitrogens with one attached hydrogen (secondary N) is 2. The van der Waals surface area contributed by atoms with Gasteiger partial charge in [-0.15, -0.1) is 0 Å². The van der Waals surface area contributed by atoms with Crippen LogP contribution in [0.4, 0.5) is 0 Å². The summed E-state index contributed by atoms with van der Waals surface area (Å²) in [5, 5.41) is 16.2. The van der Waals surface area contributed by atoms with Crippen LogP contribution in [-0.4, -0.2) is 28.4 Å². The molecule has 0 aliphatic carbocycles. The number of benzene rings is 1. The molecule has 96 valence electrons. The van der Waals surface area contributed by atoms with Crippen LogP contribution >= 0.6 is 12.2 Å². The van der Waals surface area contributed by atoms with Crippen molar-refractivity contribution >= 4 is 29.5 Å². The fourth-order valence-corrected chi connectivity index (χ4v) is 1.55. The zero-order valence-electron chi connectivity index (χ0n) is 10.2. The Morgan fingerprint density at radius 3 is 2.72 bits per heavy atom. The van der Waals surface area contributed by atoms with E-state index >= 15 is 0 Å². The lowest BCUT2D eigenvalue weighted by atomic mass is 10.1. The molecular weight excluding hydrogens is 250 g/mol. The van der Waals surface area contributed by atoms with Crippen molar-refractivity contribution in [1.82, 2.24) is 10.7 Å². The Kier molecular flexibility index (Phi) is 5.26. The zero-order valence-corrected chi connectivity index (χ0v) is 11.0. The van der Waals surface area contributed by atoms with Crippen LogP contribution in [0.3, 0.4) is 0 Å². The molecule has 5 nitrogen and oxygen atoms in total. The number of thiocarbonyl (C=S) groups is 1. The highest BCUT2D eigenvalue weighted by molar-refractivity contribution is 7.80. The van der Waals surface area contributed by atoms with Crippen molar-refractivity contribution in [2.24, 2.45) is 5.10 Å². The van der Waals surface area contributed by atoms with E-state index in [0.717, 1.165) is 0 Å². The first-order valence-corrected chi connectivity index (χ1v) is 5.83. The molecule has 0 saturated carbocycles. The zero-order chi connectivity index (χ0) is 13.5. The molecule has 6 heteroatoms. The van der Waals surface area contributed by atoms with E-state index < -0.39 is 5.97 Å². The highest BCUT2D eigenvalue weighted by Crippen LogP contribution is 2.05. The second-order valence-corrected chi connectivity index (χ2v) is 4.30. The molecule has 0 heterocycles. The van der Waals surface area contributed by atoms with Crippen LogP contribution in [0.5, 0.6) is 0 Å². The topological polar surface area (TPSA) is 73.7 Å². The van der Waals surface area contributed by atoms with Crippen molar-refractivity contribution in [2.75, 3.05) is 0 Å². The number of hydrazone groups is 1. The Morgan fingerprint density at radius 2 is 2.11 bits per heavy atom. The van der Waals surface area contributed by atoms with Crippen LogP contribution in [-0.2, 0) is 0 Å². The summed E-state index contributed by atoms with van der Waals surface area (Å²) in [6.07, 6.45) is 1.43. The summed E-state index contributed by atoms with van der Waals surface area (Å²) in [6, 6.07) is 6.83. The van der Waals surface area contributed by atoms with E-state index in [0.29, 0.717) is 10.7 Å². The number of hydrogen-bond donors (Lipinski definition) is 3. The molecule has 0 aliphatic heterocycles. The lowest BCUT2D eigenvalue weighted by Crippen LogP contribution is -2.36. The van der Waals surface area contributed by atoms with Gasteiger partial charge in [-0.1, -0.05) is 18.2 Å². The van der Waals surface area contributed by atoms with Gasteiger partial charge in [-0.05, 0) is 32.1 Å². The number of carboxylic acids is 1. The van der Waals surface area contributed by atoms with Crippen LogP contribution < -0.4 is 10.7 Å². The Morgan fingerprint density at radius 1 is 1.44 bits per heavy atom. The average Bonchev–Trinajstić information content (AvgIpc) is 2.28. The van der Waals surface area contributed by atoms with E-state index in [2.05, 4.69) is 15.8 Å². The molecule has 0 saturated heterocycles. The van der Waals surface area contributed by atoms with E-state index in [1.165, 1.54) is 12.3 Å². The number of hydrogen-bond acceptors (Lipinski definition) is 3. The smallest absolute Gasteiger partial charge is 0.336 e. The van der Waals surface area contributed by atoms with Gasteiger partial charge >= 0.3 is 5.97 Å². The molecule has 0 spiro atoms. The van der Waals surface area contributed by atoms with E-state index in [1.807, 2.05) is 13.8 Å². The van der Waals surface area contributed by atoms with Gasteiger partial charge in [0, 0.05) is 11.6 Å². The summed E-state index contributed by atoms with van der Waals surface area (Å²) < 4.78 is 0. The molecule has 0 amide bonds. The molecule has 18 heavy (non-hydrogen) atoms. The van der Waals surface area contributed by atoms with E-state index in [-0.39, 0.29) is 11.6 Å². The summed E-state index contributed by atoms with van der Waals surface area (Å²) in [4.78, 5) is 10.9. The predicted octanol–water partition coefficient (Wildman–Crippen LogP) is 1.59. The molecule has 0 unspecified atom stereocenters. The minimum Gasteiger partial charge on any atom is -0.478 e. The maximum atomic E-state index is 10.9. The predicted molar refractivity (Wildman–Crippen MR) is 75.0 cm³/mol. The molecule has 1 aromatic carbocycles. The van der Waals surface area contributed by atoms with Crippen molar-refractivity contribution in [1.29, 1.82) is 0 Å². The van der Waals surface area contributed by atoms with Crippen LogP contribution in [0.2, 0.25) is 0 Å². The quantitative estimate of drug-likeness (QED) is 0.438. The third-order valence-electron chi connectivity index (χ3n) is 1.98. The highest BCUT2D eigenvalue weighted by atomic mass is 32.1. The Balaban J connectivity index is 2.68. The molecule has 1 rings (SSSR count). The summed E-state index contributed by atoms with van der Waals surface area (Å²) in [7, 11) is 0. The highest BCUT2D eigenvalue weighted by Gasteiger charge is 2.06. The number of nitrogens with zero attached hydrogens (tertiary/aromatic N) is 1. The van der Waals surface area contributed by atoms with Gasteiger partial charge in [0.05, 0.1) is 11.8 Å². The summed E-state index contributed by atoms with van der Waals surface area (Å²) >= 11 is 4.98. The second kappa shape index (κ2) is 6.70. The van der Waals surface area contributed by atoms with E-state index in [4.69, 9.17) is 17.3 Å². The fraction of sp³-hybridized carbons (Fsp3) is 0.250. The summed E-state index contributed by atoms with van der Waals surface area (Å²) in [5.41, 5.74) is 3.34. The van der Waals surface area contributed by atoms with Gasteiger partial charge in [-0.3, -0.25) is 5.43 Å². The Hall–Kier alpha value is -1.95. The number of carbonyl (C=O) groups is 1. The van der Waals surface area contributed by atoms with Crippen LogP contribution in [0, 0.1) is 0 Å². The minimum absolute atomic E-state index is 0.200.